The summed E-state index contributed by atoms with van der Waals surface area (Å²) in [5, 5.41) is 11.3. The molecule has 0 saturated heterocycles. The van der Waals surface area contributed by atoms with Crippen molar-refractivity contribution in [2.45, 2.75) is 13.1 Å². The SMILES string of the molecule is CN(Cc1nccn1Cc1ccccc1)c1ccc(Br)cc1[N+](=O)[O-]. The van der Waals surface area contributed by atoms with Gasteiger partial charge < -0.3 is 9.47 Å². The fourth-order valence-electron chi connectivity index (χ4n) is 2.68. The molecule has 1 aromatic heterocycles. The topological polar surface area (TPSA) is 64.2 Å². The lowest BCUT2D eigenvalue weighted by molar-refractivity contribution is -0.384. The van der Waals surface area contributed by atoms with Gasteiger partial charge >= 0.3 is 0 Å². The molecule has 128 valence electrons. The second-order valence-electron chi connectivity index (χ2n) is 5.70. The number of nitro groups is 1. The van der Waals surface area contributed by atoms with Crippen LogP contribution in [0.1, 0.15) is 11.4 Å². The fourth-order valence-corrected chi connectivity index (χ4v) is 3.03. The Morgan fingerprint density at radius 3 is 2.72 bits per heavy atom. The Hall–Kier alpha value is -2.67. The third kappa shape index (κ3) is 4.06. The van der Waals surface area contributed by atoms with Gasteiger partial charge in [0.05, 0.1) is 11.5 Å². The van der Waals surface area contributed by atoms with Crippen LogP contribution in [0.15, 0.2) is 65.4 Å². The first-order chi connectivity index (χ1) is 12.0. The summed E-state index contributed by atoms with van der Waals surface area (Å²) in [5.74, 6) is 0.851. The molecule has 0 bridgehead atoms. The first-order valence-electron chi connectivity index (χ1n) is 7.73. The molecule has 0 aliphatic carbocycles. The number of benzene rings is 2. The van der Waals surface area contributed by atoms with E-state index in [4.69, 9.17) is 0 Å². The van der Waals surface area contributed by atoms with E-state index in [0.717, 1.165) is 5.82 Å². The van der Waals surface area contributed by atoms with E-state index in [1.165, 1.54) is 11.6 Å². The average Bonchev–Trinajstić information content (AvgIpc) is 3.02. The van der Waals surface area contributed by atoms with Crippen molar-refractivity contribution < 1.29 is 4.92 Å². The van der Waals surface area contributed by atoms with E-state index in [2.05, 4.69) is 37.6 Å². The summed E-state index contributed by atoms with van der Waals surface area (Å²) in [4.78, 5) is 17.2. The highest BCUT2D eigenvalue weighted by atomic mass is 79.9. The largest absolute Gasteiger partial charge is 0.362 e. The number of halogens is 1. The Bertz CT molecular complexity index is 880. The van der Waals surface area contributed by atoms with Crippen LogP contribution in [0.4, 0.5) is 11.4 Å². The molecule has 3 aromatic rings. The first-order valence-corrected chi connectivity index (χ1v) is 8.53. The lowest BCUT2D eigenvalue weighted by Crippen LogP contribution is -2.21. The third-order valence-electron chi connectivity index (χ3n) is 3.92. The second kappa shape index (κ2) is 7.48. The standard InChI is InChI=1S/C18H17BrN4O2/c1-21(16-8-7-15(19)11-17(16)23(24)25)13-18-20-9-10-22(18)12-14-5-3-2-4-6-14/h2-11H,12-13H2,1H3. The van der Waals surface area contributed by atoms with Gasteiger partial charge in [-0.25, -0.2) is 4.98 Å². The van der Waals surface area contributed by atoms with E-state index in [1.807, 2.05) is 36.3 Å². The maximum Gasteiger partial charge on any atom is 0.293 e. The number of nitrogens with zero attached hydrogens (tertiary/aromatic N) is 4. The molecule has 0 atom stereocenters. The zero-order valence-electron chi connectivity index (χ0n) is 13.7. The molecule has 3 rings (SSSR count). The van der Waals surface area contributed by atoms with Gasteiger partial charge in [0.15, 0.2) is 0 Å². The van der Waals surface area contributed by atoms with Gasteiger partial charge in [-0.15, -0.1) is 0 Å². The lowest BCUT2D eigenvalue weighted by Gasteiger charge is -2.19. The summed E-state index contributed by atoms with van der Waals surface area (Å²) < 4.78 is 2.73. The zero-order valence-corrected chi connectivity index (χ0v) is 15.3. The minimum atomic E-state index is -0.368. The molecule has 0 spiro atoms. The van der Waals surface area contributed by atoms with Crippen LogP contribution in [0.3, 0.4) is 0 Å². The van der Waals surface area contributed by atoms with Crippen molar-refractivity contribution in [1.29, 1.82) is 0 Å². The van der Waals surface area contributed by atoms with Crippen LogP contribution in [0.5, 0.6) is 0 Å². The van der Waals surface area contributed by atoms with Crippen LogP contribution in [-0.4, -0.2) is 21.5 Å². The second-order valence-corrected chi connectivity index (χ2v) is 6.62. The minimum absolute atomic E-state index is 0.0676. The molecular formula is C18H17BrN4O2. The van der Waals surface area contributed by atoms with Crippen molar-refractivity contribution in [3.63, 3.8) is 0 Å². The molecule has 2 aromatic carbocycles. The Morgan fingerprint density at radius 2 is 2.00 bits per heavy atom. The molecule has 7 heteroatoms. The molecule has 0 fully saturated rings. The quantitative estimate of drug-likeness (QED) is 0.458. The van der Waals surface area contributed by atoms with Crippen LogP contribution >= 0.6 is 15.9 Å². The maximum absolute atomic E-state index is 11.3. The average molecular weight is 401 g/mol. The van der Waals surface area contributed by atoms with Gasteiger partial charge in [-0.2, -0.15) is 0 Å². The van der Waals surface area contributed by atoms with Crippen LogP contribution in [0.2, 0.25) is 0 Å². The first kappa shape index (κ1) is 17.2. The minimum Gasteiger partial charge on any atom is -0.362 e. The van der Waals surface area contributed by atoms with E-state index in [-0.39, 0.29) is 10.6 Å². The van der Waals surface area contributed by atoms with Crippen molar-refractivity contribution >= 4 is 27.3 Å². The van der Waals surface area contributed by atoms with Gasteiger partial charge in [0.2, 0.25) is 0 Å². The summed E-state index contributed by atoms with van der Waals surface area (Å²) in [5.41, 5.74) is 1.81. The highest BCUT2D eigenvalue weighted by molar-refractivity contribution is 9.10. The van der Waals surface area contributed by atoms with Crippen molar-refractivity contribution in [3.05, 3.63) is 86.9 Å². The highest BCUT2D eigenvalue weighted by Crippen LogP contribution is 2.31. The lowest BCUT2D eigenvalue weighted by atomic mass is 10.2. The zero-order chi connectivity index (χ0) is 17.8. The summed E-state index contributed by atoms with van der Waals surface area (Å²) in [6, 6.07) is 15.2. The van der Waals surface area contributed by atoms with Gasteiger partial charge in [-0.3, -0.25) is 10.1 Å². The molecule has 6 nitrogen and oxygen atoms in total. The molecule has 0 N–H and O–H groups in total. The number of anilines is 1. The number of rotatable bonds is 6. The van der Waals surface area contributed by atoms with Gasteiger partial charge in [0, 0.05) is 36.5 Å². The summed E-state index contributed by atoms with van der Waals surface area (Å²) in [6.07, 6.45) is 3.67. The molecule has 25 heavy (non-hydrogen) atoms. The molecule has 0 radical (unpaired) electrons. The smallest absolute Gasteiger partial charge is 0.293 e. The number of hydrogen-bond acceptors (Lipinski definition) is 4. The Kier molecular flexibility index (Phi) is 5.14. The van der Waals surface area contributed by atoms with Gasteiger partial charge in [0.1, 0.15) is 11.5 Å². The number of nitro benzene ring substituents is 1. The van der Waals surface area contributed by atoms with Gasteiger partial charge in [0.25, 0.3) is 5.69 Å². The number of hydrogen-bond donors (Lipinski definition) is 0. The van der Waals surface area contributed by atoms with Crippen molar-refractivity contribution in [1.82, 2.24) is 9.55 Å². The normalized spacial score (nSPS) is 10.6. The van der Waals surface area contributed by atoms with Crippen LogP contribution in [-0.2, 0) is 13.1 Å². The van der Waals surface area contributed by atoms with Crippen LogP contribution in [0.25, 0.3) is 0 Å². The Balaban J connectivity index is 1.82. The van der Waals surface area contributed by atoms with E-state index in [9.17, 15) is 10.1 Å². The molecule has 1 heterocycles. The predicted octanol–water partition coefficient (Wildman–Crippen LogP) is 4.24. The predicted molar refractivity (Wildman–Crippen MR) is 101 cm³/mol. The summed E-state index contributed by atoms with van der Waals surface area (Å²) in [7, 11) is 1.83. The Morgan fingerprint density at radius 1 is 1.24 bits per heavy atom. The molecular weight excluding hydrogens is 384 g/mol. The van der Waals surface area contributed by atoms with E-state index < -0.39 is 0 Å². The monoisotopic (exact) mass is 400 g/mol. The Labute approximate surface area is 154 Å². The van der Waals surface area contributed by atoms with E-state index in [1.54, 1.807) is 18.3 Å². The summed E-state index contributed by atoms with van der Waals surface area (Å²) in [6.45, 7) is 1.19. The molecule has 0 unspecified atom stereocenters. The molecule has 0 saturated carbocycles. The van der Waals surface area contributed by atoms with E-state index in [0.29, 0.717) is 23.2 Å². The van der Waals surface area contributed by atoms with Gasteiger partial charge in [-0.05, 0) is 17.7 Å². The number of aromatic nitrogens is 2. The molecule has 0 aliphatic rings. The highest BCUT2D eigenvalue weighted by Gasteiger charge is 2.19. The molecule has 0 aliphatic heterocycles. The van der Waals surface area contributed by atoms with Gasteiger partial charge in [-0.1, -0.05) is 46.3 Å². The third-order valence-corrected chi connectivity index (χ3v) is 4.41. The maximum atomic E-state index is 11.3. The fraction of sp³-hybridized carbons (Fsp3) is 0.167. The van der Waals surface area contributed by atoms with E-state index >= 15 is 0 Å². The molecule has 0 amide bonds. The van der Waals surface area contributed by atoms with Crippen molar-refractivity contribution in [3.8, 4) is 0 Å². The van der Waals surface area contributed by atoms with Crippen molar-refractivity contribution in [2.24, 2.45) is 0 Å². The number of imidazole rings is 1. The van der Waals surface area contributed by atoms with Crippen LogP contribution in [0, 0.1) is 10.1 Å². The van der Waals surface area contributed by atoms with Crippen LogP contribution < -0.4 is 4.90 Å². The summed E-state index contributed by atoms with van der Waals surface area (Å²) >= 11 is 3.28. The van der Waals surface area contributed by atoms with Crippen molar-refractivity contribution in [2.75, 3.05) is 11.9 Å².